The van der Waals surface area contributed by atoms with Crippen LogP contribution >= 0.6 is 11.6 Å². The zero-order chi connectivity index (χ0) is 14.5. The maximum absolute atomic E-state index is 11.2. The van der Waals surface area contributed by atoms with E-state index >= 15 is 0 Å². The zero-order valence-electron chi connectivity index (χ0n) is 10.8. The minimum atomic E-state index is -1.04. The molecule has 0 heterocycles. The number of carboxylic acid groups (broad SMARTS) is 1. The van der Waals surface area contributed by atoms with Crippen LogP contribution in [0.4, 0.5) is 0 Å². The van der Waals surface area contributed by atoms with Crippen molar-refractivity contribution >= 4 is 17.6 Å². The van der Waals surface area contributed by atoms with Crippen LogP contribution in [0.1, 0.15) is 15.9 Å². The van der Waals surface area contributed by atoms with Crippen molar-refractivity contribution in [2.75, 3.05) is 7.11 Å². The molecule has 0 radical (unpaired) electrons. The fraction of sp³-hybridized carbons (Fsp3) is 0.133. The van der Waals surface area contributed by atoms with Gasteiger partial charge in [-0.3, -0.25) is 0 Å². The van der Waals surface area contributed by atoms with Crippen LogP contribution < -0.4 is 9.47 Å². The molecule has 2 rings (SSSR count). The third-order valence-corrected chi connectivity index (χ3v) is 2.99. The van der Waals surface area contributed by atoms with E-state index in [1.165, 1.54) is 6.07 Å². The summed E-state index contributed by atoms with van der Waals surface area (Å²) in [6, 6.07) is 11.9. The van der Waals surface area contributed by atoms with Crippen molar-refractivity contribution < 1.29 is 19.4 Å². The molecule has 5 heteroatoms. The molecule has 104 valence electrons. The zero-order valence-corrected chi connectivity index (χ0v) is 11.6. The lowest BCUT2D eigenvalue weighted by Crippen LogP contribution is -2.06. The number of rotatable bonds is 5. The van der Waals surface area contributed by atoms with Gasteiger partial charge in [-0.1, -0.05) is 29.8 Å². The van der Waals surface area contributed by atoms with E-state index in [0.717, 1.165) is 0 Å². The molecule has 0 aliphatic heterocycles. The van der Waals surface area contributed by atoms with E-state index in [1.54, 1.807) is 31.4 Å². The van der Waals surface area contributed by atoms with Gasteiger partial charge >= 0.3 is 5.97 Å². The van der Waals surface area contributed by atoms with Gasteiger partial charge in [0.15, 0.2) is 11.5 Å². The van der Waals surface area contributed by atoms with Gasteiger partial charge in [0.1, 0.15) is 6.61 Å². The topological polar surface area (TPSA) is 55.8 Å². The Hall–Kier alpha value is -2.20. The molecular formula is C15H13ClO4. The van der Waals surface area contributed by atoms with E-state index in [1.807, 2.05) is 12.1 Å². The van der Waals surface area contributed by atoms with Gasteiger partial charge < -0.3 is 14.6 Å². The number of benzene rings is 2. The Balaban J connectivity index is 2.21. The Morgan fingerprint density at radius 2 is 1.90 bits per heavy atom. The number of methoxy groups -OCH3 is 1. The van der Waals surface area contributed by atoms with Crippen molar-refractivity contribution in [2.45, 2.75) is 6.61 Å². The number of hydrogen-bond donors (Lipinski definition) is 1. The van der Waals surface area contributed by atoms with Gasteiger partial charge in [0.25, 0.3) is 0 Å². The van der Waals surface area contributed by atoms with Crippen molar-refractivity contribution in [3.63, 3.8) is 0 Å². The average Bonchev–Trinajstić information content (AvgIpc) is 2.46. The number of carbonyl (C=O) groups is 1. The van der Waals surface area contributed by atoms with Crippen LogP contribution in [-0.4, -0.2) is 18.2 Å². The number of halogens is 1. The lowest BCUT2D eigenvalue weighted by Gasteiger charge is -2.12. The van der Waals surface area contributed by atoms with Crippen molar-refractivity contribution in [1.82, 2.24) is 0 Å². The summed E-state index contributed by atoms with van der Waals surface area (Å²) in [5, 5.41) is 9.53. The predicted octanol–water partition coefficient (Wildman–Crippen LogP) is 3.63. The highest BCUT2D eigenvalue weighted by Crippen LogP contribution is 2.27. The van der Waals surface area contributed by atoms with E-state index in [0.29, 0.717) is 22.1 Å². The maximum Gasteiger partial charge on any atom is 0.336 e. The third-order valence-electron chi connectivity index (χ3n) is 2.75. The monoisotopic (exact) mass is 292 g/mol. The van der Waals surface area contributed by atoms with Gasteiger partial charge in [0.05, 0.1) is 12.7 Å². The molecule has 0 amide bonds. The van der Waals surface area contributed by atoms with Crippen LogP contribution in [0.5, 0.6) is 11.5 Å². The van der Waals surface area contributed by atoms with Gasteiger partial charge in [-0.25, -0.2) is 4.79 Å². The van der Waals surface area contributed by atoms with Gasteiger partial charge in [0, 0.05) is 10.6 Å². The van der Waals surface area contributed by atoms with Gasteiger partial charge in [-0.15, -0.1) is 0 Å². The number of aromatic carboxylic acids is 1. The molecular weight excluding hydrogens is 280 g/mol. The van der Waals surface area contributed by atoms with Gasteiger partial charge in [-0.05, 0) is 24.3 Å². The molecule has 0 saturated heterocycles. The van der Waals surface area contributed by atoms with Crippen LogP contribution in [0.3, 0.4) is 0 Å². The van der Waals surface area contributed by atoms with Crippen molar-refractivity contribution in [1.29, 1.82) is 0 Å². The molecule has 0 unspecified atom stereocenters. The maximum atomic E-state index is 11.2. The summed E-state index contributed by atoms with van der Waals surface area (Å²) < 4.78 is 10.8. The highest BCUT2D eigenvalue weighted by Gasteiger charge is 2.12. The van der Waals surface area contributed by atoms with Crippen LogP contribution in [0.25, 0.3) is 0 Å². The second kappa shape index (κ2) is 6.30. The summed E-state index contributed by atoms with van der Waals surface area (Å²) in [5.41, 5.74) is 0.681. The number of ether oxygens (including phenoxy) is 2. The first-order valence-electron chi connectivity index (χ1n) is 5.89. The molecule has 0 aromatic heterocycles. The summed E-state index contributed by atoms with van der Waals surface area (Å²) in [6.45, 7) is 0.124. The molecule has 20 heavy (non-hydrogen) atoms. The first kappa shape index (κ1) is 14.2. The molecule has 0 aliphatic rings. The largest absolute Gasteiger partial charge is 0.493 e. The summed E-state index contributed by atoms with van der Waals surface area (Å²) >= 11 is 5.80. The number of para-hydroxylation sites is 2. The second-order valence-corrected chi connectivity index (χ2v) is 4.48. The Morgan fingerprint density at radius 3 is 2.55 bits per heavy atom. The SMILES string of the molecule is COc1ccccc1OCc1ccc(Cl)cc1C(=O)O. The minimum Gasteiger partial charge on any atom is -0.493 e. The predicted molar refractivity (Wildman–Crippen MR) is 75.7 cm³/mol. The van der Waals surface area contributed by atoms with Crippen LogP contribution in [0.2, 0.25) is 5.02 Å². The van der Waals surface area contributed by atoms with Gasteiger partial charge in [-0.2, -0.15) is 0 Å². The highest BCUT2D eigenvalue weighted by atomic mass is 35.5. The van der Waals surface area contributed by atoms with Gasteiger partial charge in [0.2, 0.25) is 0 Å². The lowest BCUT2D eigenvalue weighted by atomic mass is 10.1. The van der Waals surface area contributed by atoms with E-state index in [4.69, 9.17) is 26.2 Å². The fourth-order valence-electron chi connectivity index (χ4n) is 1.77. The van der Waals surface area contributed by atoms with Crippen molar-refractivity contribution in [3.8, 4) is 11.5 Å². The Morgan fingerprint density at radius 1 is 1.20 bits per heavy atom. The first-order valence-corrected chi connectivity index (χ1v) is 6.27. The molecule has 0 saturated carbocycles. The Labute approximate surface area is 121 Å². The Bertz CT molecular complexity index is 625. The average molecular weight is 293 g/mol. The van der Waals surface area contributed by atoms with E-state index in [9.17, 15) is 4.79 Å². The second-order valence-electron chi connectivity index (χ2n) is 4.05. The van der Waals surface area contributed by atoms with Crippen LogP contribution in [0, 0.1) is 0 Å². The summed E-state index contributed by atoms with van der Waals surface area (Å²) in [5.74, 6) is 0.116. The molecule has 0 aliphatic carbocycles. The summed E-state index contributed by atoms with van der Waals surface area (Å²) in [7, 11) is 1.55. The fourth-order valence-corrected chi connectivity index (χ4v) is 1.94. The van der Waals surface area contributed by atoms with Crippen LogP contribution in [0.15, 0.2) is 42.5 Å². The lowest BCUT2D eigenvalue weighted by molar-refractivity contribution is 0.0694. The van der Waals surface area contributed by atoms with Crippen LogP contribution in [-0.2, 0) is 6.61 Å². The van der Waals surface area contributed by atoms with E-state index < -0.39 is 5.97 Å². The summed E-state index contributed by atoms with van der Waals surface area (Å²) in [4.78, 5) is 11.2. The normalized spacial score (nSPS) is 10.1. The highest BCUT2D eigenvalue weighted by molar-refractivity contribution is 6.30. The molecule has 0 spiro atoms. The molecule has 0 atom stereocenters. The standard InChI is InChI=1S/C15H13ClO4/c1-19-13-4-2-3-5-14(13)20-9-10-6-7-11(16)8-12(10)15(17)18/h2-8H,9H2,1H3,(H,17,18). The molecule has 4 nitrogen and oxygen atoms in total. The third kappa shape index (κ3) is 3.22. The number of carboxylic acids is 1. The number of hydrogen-bond acceptors (Lipinski definition) is 3. The van der Waals surface area contributed by atoms with E-state index in [2.05, 4.69) is 0 Å². The first-order chi connectivity index (χ1) is 9.61. The van der Waals surface area contributed by atoms with Crippen molar-refractivity contribution in [2.24, 2.45) is 0 Å². The molecule has 0 fully saturated rings. The quantitative estimate of drug-likeness (QED) is 0.914. The van der Waals surface area contributed by atoms with E-state index in [-0.39, 0.29) is 12.2 Å². The Kier molecular flexibility index (Phi) is 4.48. The molecule has 2 aromatic rings. The molecule has 1 N–H and O–H groups in total. The van der Waals surface area contributed by atoms with Crippen molar-refractivity contribution in [3.05, 3.63) is 58.6 Å². The molecule has 0 bridgehead atoms. The minimum absolute atomic E-state index is 0.124. The summed E-state index contributed by atoms with van der Waals surface area (Å²) in [6.07, 6.45) is 0. The molecule has 2 aromatic carbocycles. The smallest absolute Gasteiger partial charge is 0.336 e.